The lowest BCUT2D eigenvalue weighted by Gasteiger charge is -2.34. The van der Waals surface area contributed by atoms with E-state index >= 15 is 0 Å². The molecule has 0 spiro atoms. The molecular weight excluding hydrogens is 897 g/mol. The Kier molecular flexibility index (Phi) is 25.0. The highest BCUT2D eigenvalue weighted by Crippen LogP contribution is 2.43. The molecule has 0 saturated heterocycles. The van der Waals surface area contributed by atoms with Crippen molar-refractivity contribution < 1.29 is 39.1 Å². The molecule has 396 valence electrons. The van der Waals surface area contributed by atoms with Gasteiger partial charge >= 0.3 is 11.9 Å². The van der Waals surface area contributed by atoms with Crippen molar-refractivity contribution in [1.29, 1.82) is 0 Å². The molecule has 0 amide bonds. The zero-order valence-corrected chi connectivity index (χ0v) is 46.6. The zero-order valence-electron chi connectivity index (χ0n) is 46.6. The van der Waals surface area contributed by atoms with Crippen LogP contribution in [0.15, 0.2) is 84.9 Å². The first-order valence-corrected chi connectivity index (χ1v) is 27.2. The molecule has 3 N–H and O–H groups in total. The number of hydrogen-bond acceptors (Lipinski definition) is 7. The van der Waals surface area contributed by atoms with E-state index in [1.54, 1.807) is 0 Å². The van der Waals surface area contributed by atoms with Crippen LogP contribution >= 0.6 is 0 Å². The first-order chi connectivity index (χ1) is 34.3. The first-order valence-electron chi connectivity index (χ1n) is 27.2. The maximum Gasteiger partial charge on any atom is 0.305 e. The van der Waals surface area contributed by atoms with Crippen LogP contribution in [0.4, 0.5) is 0 Å². The maximum atomic E-state index is 11.5. The highest BCUT2D eigenvalue weighted by molar-refractivity contribution is 5.69. The summed E-state index contributed by atoms with van der Waals surface area (Å²) in [4.78, 5) is 22.2. The molecule has 4 aromatic carbocycles. The lowest BCUT2D eigenvalue weighted by atomic mass is 9.70. The van der Waals surface area contributed by atoms with E-state index in [9.17, 15) is 19.8 Å². The molecule has 0 aliphatic carbocycles. The van der Waals surface area contributed by atoms with Gasteiger partial charge in [-0.25, -0.2) is 0 Å². The third-order valence-electron chi connectivity index (χ3n) is 15.5. The average Bonchev–Trinajstić information content (AvgIpc) is 3.37. The van der Waals surface area contributed by atoms with Crippen LogP contribution in [0.1, 0.15) is 208 Å². The fourth-order valence-corrected chi connectivity index (χ4v) is 9.81. The van der Waals surface area contributed by atoms with Gasteiger partial charge in [-0.1, -0.05) is 140 Å². The molecule has 4 rings (SSSR count). The van der Waals surface area contributed by atoms with Crippen molar-refractivity contribution in [2.45, 2.75) is 202 Å². The maximum absolute atomic E-state index is 11.5. The standard InChI is InChI=1S/C33H48O4.C31H44O4/c1-8-32(35,9-2)21-20-27-16-17-28(23-25(27)6)33(10-3,11-4)29-18-19-30(26(7)24-29)37-22-14-13-15-31(34)36-12-5;1-7-30(34,8-2)19-18-25-14-15-26(21-23(25)5)31(9-3,10-4)27-16-17-28(24(6)22-27)35-20-12-11-13-29(32)33/h16-21,23-24,35H,8-15,22H2,1-7H3;14-19,21-22,34H,7-13,20H2,1-6H3,(H,32,33)/b21-20+;19-18+. The Balaban J connectivity index is 0.000000381. The number of unbranched alkanes of at least 4 members (excludes halogenated alkanes) is 2. The SMILES string of the molecule is CCC(O)(/C=C/c1ccc(C(CC)(CC)c2ccc(OCCCCC(=O)O)c(C)c2)cc1C)CC.CCOC(=O)CCCCOc1ccc(C(CC)(CC)c2ccc(/C=C/C(O)(CC)CC)c(C)c2)cc1C. The van der Waals surface area contributed by atoms with Crippen LogP contribution in [-0.2, 0) is 25.2 Å². The summed E-state index contributed by atoms with van der Waals surface area (Å²) in [6.45, 7) is 28.9. The van der Waals surface area contributed by atoms with Gasteiger partial charge in [-0.2, -0.15) is 0 Å². The molecule has 0 fully saturated rings. The normalized spacial score (nSPS) is 12.3. The Morgan fingerprint density at radius 2 is 0.819 bits per heavy atom. The predicted molar refractivity (Wildman–Crippen MR) is 300 cm³/mol. The van der Waals surface area contributed by atoms with Gasteiger partial charge in [0.15, 0.2) is 0 Å². The van der Waals surface area contributed by atoms with Gasteiger partial charge in [0.2, 0.25) is 0 Å². The molecule has 0 aromatic heterocycles. The van der Waals surface area contributed by atoms with Gasteiger partial charge in [-0.15, -0.1) is 0 Å². The fourth-order valence-electron chi connectivity index (χ4n) is 9.81. The Morgan fingerprint density at radius 3 is 1.12 bits per heavy atom. The topological polar surface area (TPSA) is 123 Å². The number of benzene rings is 4. The summed E-state index contributed by atoms with van der Waals surface area (Å²) < 4.78 is 17.0. The molecule has 0 aliphatic rings. The summed E-state index contributed by atoms with van der Waals surface area (Å²) in [5.41, 5.74) is 10.5. The average molecular weight is 989 g/mol. The number of carbonyl (C=O) groups excluding carboxylic acids is 1. The zero-order chi connectivity index (χ0) is 53.5. The summed E-state index contributed by atoms with van der Waals surface area (Å²) in [7, 11) is 0. The van der Waals surface area contributed by atoms with Gasteiger partial charge in [-0.05, 0) is 179 Å². The Bertz CT molecular complexity index is 2360. The number of aliphatic carboxylic acids is 1. The van der Waals surface area contributed by atoms with Crippen molar-refractivity contribution in [2.24, 2.45) is 0 Å². The van der Waals surface area contributed by atoms with Gasteiger partial charge in [0, 0.05) is 23.7 Å². The van der Waals surface area contributed by atoms with Crippen LogP contribution in [0, 0.1) is 27.7 Å². The van der Waals surface area contributed by atoms with E-state index in [0.29, 0.717) is 58.3 Å². The van der Waals surface area contributed by atoms with E-state index in [-0.39, 0.29) is 23.2 Å². The fraction of sp³-hybridized carbons (Fsp3) is 0.531. The van der Waals surface area contributed by atoms with Crippen LogP contribution in [0.3, 0.4) is 0 Å². The third kappa shape index (κ3) is 16.7. The number of carbonyl (C=O) groups is 2. The van der Waals surface area contributed by atoms with Gasteiger partial charge in [0.1, 0.15) is 11.5 Å². The highest BCUT2D eigenvalue weighted by atomic mass is 16.5. The number of rotatable bonds is 29. The van der Waals surface area contributed by atoms with Gasteiger partial charge in [0.25, 0.3) is 0 Å². The summed E-state index contributed by atoms with van der Waals surface area (Å²) in [5.74, 6) is 0.864. The minimum Gasteiger partial charge on any atom is -0.493 e. The highest BCUT2D eigenvalue weighted by Gasteiger charge is 2.33. The van der Waals surface area contributed by atoms with Crippen LogP contribution < -0.4 is 9.47 Å². The Morgan fingerprint density at radius 1 is 0.472 bits per heavy atom. The summed E-state index contributed by atoms with van der Waals surface area (Å²) >= 11 is 0. The molecule has 0 saturated carbocycles. The van der Waals surface area contributed by atoms with Crippen LogP contribution in [0.25, 0.3) is 12.2 Å². The molecule has 4 aromatic rings. The third-order valence-corrected chi connectivity index (χ3v) is 15.5. The van der Waals surface area contributed by atoms with Crippen LogP contribution in [0.2, 0.25) is 0 Å². The van der Waals surface area contributed by atoms with Crippen molar-refractivity contribution in [3.63, 3.8) is 0 Å². The van der Waals surface area contributed by atoms with Crippen molar-refractivity contribution in [3.05, 3.63) is 141 Å². The number of ether oxygens (including phenoxy) is 3. The largest absolute Gasteiger partial charge is 0.493 e. The van der Waals surface area contributed by atoms with Crippen molar-refractivity contribution in [1.82, 2.24) is 0 Å². The second-order valence-corrected chi connectivity index (χ2v) is 19.8. The van der Waals surface area contributed by atoms with E-state index in [4.69, 9.17) is 19.3 Å². The number of aryl methyl sites for hydroxylation is 4. The molecular formula is C64H92O8. The lowest BCUT2D eigenvalue weighted by Crippen LogP contribution is -2.26. The second-order valence-electron chi connectivity index (χ2n) is 19.8. The monoisotopic (exact) mass is 989 g/mol. The summed E-state index contributed by atoms with van der Waals surface area (Å²) in [6.07, 6.45) is 18.4. The number of esters is 1. The van der Waals surface area contributed by atoms with Crippen LogP contribution in [0.5, 0.6) is 11.5 Å². The summed E-state index contributed by atoms with van der Waals surface area (Å²) in [5, 5.41) is 30.0. The van der Waals surface area contributed by atoms with Crippen molar-refractivity contribution >= 4 is 24.1 Å². The molecule has 8 heteroatoms. The minimum atomic E-state index is -0.760. The molecule has 72 heavy (non-hydrogen) atoms. The Hall–Kier alpha value is -5.18. The van der Waals surface area contributed by atoms with E-state index in [0.717, 1.165) is 78.7 Å². The van der Waals surface area contributed by atoms with Gasteiger partial charge < -0.3 is 29.5 Å². The molecule has 0 aliphatic heterocycles. The molecule has 0 radical (unpaired) electrons. The van der Waals surface area contributed by atoms with Gasteiger partial charge in [-0.3, -0.25) is 9.59 Å². The van der Waals surface area contributed by atoms with E-state index in [1.165, 1.54) is 33.4 Å². The second kappa shape index (κ2) is 29.5. The van der Waals surface area contributed by atoms with E-state index in [1.807, 2.05) is 46.8 Å². The molecule has 0 unspecified atom stereocenters. The van der Waals surface area contributed by atoms with Crippen molar-refractivity contribution in [3.8, 4) is 11.5 Å². The smallest absolute Gasteiger partial charge is 0.305 e. The molecule has 0 heterocycles. The first kappa shape index (κ1) is 61.1. The van der Waals surface area contributed by atoms with Gasteiger partial charge in [0.05, 0.1) is 31.0 Å². The predicted octanol–water partition coefficient (Wildman–Crippen LogP) is 15.7. The number of carboxylic acid groups (broad SMARTS) is 1. The lowest BCUT2D eigenvalue weighted by molar-refractivity contribution is -0.143. The number of aliphatic hydroxyl groups is 2. The summed E-state index contributed by atoms with van der Waals surface area (Å²) in [6, 6.07) is 26.5. The quantitative estimate of drug-likeness (QED) is 0.0363. The van der Waals surface area contributed by atoms with Crippen molar-refractivity contribution in [2.75, 3.05) is 19.8 Å². The van der Waals surface area contributed by atoms with E-state index in [2.05, 4.69) is 140 Å². The van der Waals surface area contributed by atoms with Crippen LogP contribution in [-0.4, -0.2) is 58.3 Å². The minimum absolute atomic E-state index is 0.0799. The number of carboxylic acids is 1. The van der Waals surface area contributed by atoms with E-state index < -0.39 is 17.2 Å². The number of hydrogen-bond donors (Lipinski definition) is 3. The molecule has 8 nitrogen and oxygen atoms in total. The molecule has 0 bridgehead atoms. The Labute approximate surface area is 435 Å². The molecule has 0 atom stereocenters.